The van der Waals surface area contributed by atoms with Gasteiger partial charge in [-0.3, -0.25) is 4.79 Å². The number of nitrogens with zero attached hydrogens (tertiary/aromatic N) is 2. The molecule has 8 heteroatoms. The fraction of sp³-hybridized carbons (Fsp3) is 0.400. The molecule has 0 spiro atoms. The van der Waals surface area contributed by atoms with Gasteiger partial charge in [-0.05, 0) is 36.8 Å². The molecule has 0 radical (unpaired) electrons. The van der Waals surface area contributed by atoms with Crippen molar-refractivity contribution in [3.8, 4) is 5.75 Å². The predicted molar refractivity (Wildman–Crippen MR) is 102 cm³/mol. The Labute approximate surface area is 163 Å². The van der Waals surface area contributed by atoms with Crippen LogP contribution >= 0.6 is 11.3 Å². The van der Waals surface area contributed by atoms with Gasteiger partial charge in [-0.15, -0.1) is 11.3 Å². The van der Waals surface area contributed by atoms with E-state index in [1.807, 2.05) is 0 Å². The highest BCUT2D eigenvalue weighted by Gasteiger charge is 2.31. The summed E-state index contributed by atoms with van der Waals surface area (Å²) in [4.78, 5) is 13.4. The first-order chi connectivity index (χ1) is 13.3. The van der Waals surface area contributed by atoms with Gasteiger partial charge in [0.15, 0.2) is 0 Å². The zero-order valence-electron chi connectivity index (χ0n) is 15.5. The maximum Gasteiger partial charge on any atom is 0.416 e. The maximum absolute atomic E-state index is 13.0. The van der Waals surface area contributed by atoms with Gasteiger partial charge >= 0.3 is 6.18 Å². The summed E-state index contributed by atoms with van der Waals surface area (Å²) in [6.45, 7) is 0. The Kier molecular flexibility index (Phi) is 4.69. The third-order valence-corrected chi connectivity index (χ3v) is 6.20. The molecule has 0 N–H and O–H groups in total. The molecule has 1 aliphatic carbocycles. The van der Waals surface area contributed by atoms with Gasteiger partial charge in [0, 0.05) is 13.5 Å². The summed E-state index contributed by atoms with van der Waals surface area (Å²) in [5.41, 5.74) is 0.446. The molecule has 1 saturated carbocycles. The highest BCUT2D eigenvalue weighted by molar-refractivity contribution is 7.19. The zero-order valence-corrected chi connectivity index (χ0v) is 16.3. The molecule has 0 atom stereocenters. The molecular formula is C20H19F3N2O2S. The Morgan fingerprint density at radius 3 is 2.71 bits per heavy atom. The second-order valence-corrected chi connectivity index (χ2v) is 8.27. The number of hydrogen-bond donors (Lipinski definition) is 0. The van der Waals surface area contributed by atoms with E-state index in [0.717, 1.165) is 46.7 Å². The first kappa shape index (κ1) is 19.0. The van der Waals surface area contributed by atoms with Gasteiger partial charge in [-0.1, -0.05) is 18.2 Å². The molecule has 0 aliphatic heterocycles. The molecule has 0 bridgehead atoms. The van der Waals surface area contributed by atoms with E-state index in [2.05, 4.69) is 5.10 Å². The standard InChI is InChI=1S/C20H19F3N2O2S/c1-25-19(26)16-17(27-2)15(28-18(16)14(24-25)9-11-6-7-11)10-12-4-3-5-13(8-12)20(21,22)23/h3-5,8,11H,6-7,9-10H2,1-2H3. The van der Waals surface area contributed by atoms with Gasteiger partial charge < -0.3 is 4.74 Å². The van der Waals surface area contributed by atoms with Gasteiger partial charge in [-0.25, -0.2) is 4.68 Å². The lowest BCUT2D eigenvalue weighted by atomic mass is 10.1. The predicted octanol–water partition coefficient (Wildman–Crippen LogP) is 4.57. The number of hydrogen-bond acceptors (Lipinski definition) is 4. The van der Waals surface area contributed by atoms with Gasteiger partial charge in [0.1, 0.15) is 11.1 Å². The van der Waals surface area contributed by atoms with E-state index in [-0.39, 0.29) is 12.0 Å². The van der Waals surface area contributed by atoms with Crippen molar-refractivity contribution in [3.63, 3.8) is 0 Å². The Balaban J connectivity index is 1.81. The molecule has 2 aromatic heterocycles. The number of aromatic nitrogens is 2. The molecule has 1 aromatic carbocycles. The maximum atomic E-state index is 13.0. The average Bonchev–Trinajstić information content (AvgIpc) is 3.38. The Hall–Kier alpha value is -2.35. The molecule has 0 saturated heterocycles. The van der Waals surface area contributed by atoms with Crippen molar-refractivity contribution in [1.29, 1.82) is 0 Å². The van der Waals surface area contributed by atoms with Crippen LogP contribution in [0.1, 0.15) is 34.5 Å². The number of benzene rings is 1. The molecular weight excluding hydrogens is 389 g/mol. The van der Waals surface area contributed by atoms with Crippen LogP contribution in [0.5, 0.6) is 5.75 Å². The number of thiophene rings is 1. The van der Waals surface area contributed by atoms with Crippen molar-refractivity contribution >= 4 is 21.4 Å². The third kappa shape index (κ3) is 3.53. The molecule has 0 amide bonds. The second kappa shape index (κ2) is 6.92. The van der Waals surface area contributed by atoms with E-state index in [1.165, 1.54) is 29.2 Å². The smallest absolute Gasteiger partial charge is 0.416 e. The molecule has 1 aliphatic rings. The lowest BCUT2D eigenvalue weighted by Crippen LogP contribution is -2.21. The Morgan fingerprint density at radius 1 is 1.32 bits per heavy atom. The number of alkyl halides is 3. The van der Waals surface area contributed by atoms with E-state index < -0.39 is 11.7 Å². The molecule has 2 heterocycles. The fourth-order valence-corrected chi connectivity index (χ4v) is 4.69. The lowest BCUT2D eigenvalue weighted by Gasteiger charge is -2.09. The van der Waals surface area contributed by atoms with Crippen LogP contribution < -0.4 is 10.3 Å². The van der Waals surface area contributed by atoms with Crippen molar-refractivity contribution in [3.05, 3.63) is 56.3 Å². The summed E-state index contributed by atoms with van der Waals surface area (Å²) >= 11 is 1.39. The first-order valence-corrected chi connectivity index (χ1v) is 9.81. The van der Waals surface area contributed by atoms with Crippen LogP contribution in [-0.2, 0) is 26.1 Å². The Bertz CT molecular complexity index is 1100. The van der Waals surface area contributed by atoms with Crippen molar-refractivity contribution in [2.45, 2.75) is 31.9 Å². The summed E-state index contributed by atoms with van der Waals surface area (Å²) in [7, 11) is 3.10. The summed E-state index contributed by atoms with van der Waals surface area (Å²) in [5.74, 6) is 1.03. The lowest BCUT2D eigenvalue weighted by molar-refractivity contribution is -0.137. The molecule has 0 unspecified atom stereocenters. The van der Waals surface area contributed by atoms with Crippen LogP contribution in [0.4, 0.5) is 13.2 Å². The number of fused-ring (bicyclic) bond motifs is 1. The van der Waals surface area contributed by atoms with Crippen molar-refractivity contribution < 1.29 is 17.9 Å². The summed E-state index contributed by atoms with van der Waals surface area (Å²) in [6.07, 6.45) is -1.01. The number of aryl methyl sites for hydroxylation is 1. The normalized spacial score (nSPS) is 14.6. The van der Waals surface area contributed by atoms with Crippen LogP contribution in [0.15, 0.2) is 29.1 Å². The van der Waals surface area contributed by atoms with Gasteiger partial charge in [-0.2, -0.15) is 18.3 Å². The first-order valence-electron chi connectivity index (χ1n) is 8.99. The van der Waals surface area contributed by atoms with Crippen molar-refractivity contribution in [1.82, 2.24) is 9.78 Å². The number of rotatable bonds is 5. The largest absolute Gasteiger partial charge is 0.495 e. The number of halogens is 3. The number of methoxy groups -OCH3 is 1. The zero-order chi connectivity index (χ0) is 20.1. The summed E-state index contributed by atoms with van der Waals surface area (Å²) < 4.78 is 46.7. The van der Waals surface area contributed by atoms with Gasteiger partial charge in [0.2, 0.25) is 0 Å². The van der Waals surface area contributed by atoms with E-state index >= 15 is 0 Å². The second-order valence-electron chi connectivity index (χ2n) is 7.16. The monoisotopic (exact) mass is 408 g/mol. The molecule has 28 heavy (non-hydrogen) atoms. The van der Waals surface area contributed by atoms with Crippen LogP contribution in [0.3, 0.4) is 0 Å². The van der Waals surface area contributed by atoms with Crippen LogP contribution in [0.2, 0.25) is 0 Å². The molecule has 3 aromatic rings. The SMILES string of the molecule is COc1c(Cc2cccc(C(F)(F)F)c2)sc2c(CC3CC3)nn(C)c(=O)c12. The fourth-order valence-electron chi connectivity index (χ4n) is 3.40. The summed E-state index contributed by atoms with van der Waals surface area (Å²) in [5, 5.41) is 4.91. The molecule has 4 nitrogen and oxygen atoms in total. The van der Waals surface area contributed by atoms with Gasteiger partial charge in [0.25, 0.3) is 5.56 Å². The highest BCUT2D eigenvalue weighted by Crippen LogP contribution is 2.41. The van der Waals surface area contributed by atoms with E-state index in [1.54, 1.807) is 13.1 Å². The average molecular weight is 408 g/mol. The molecule has 4 rings (SSSR count). The van der Waals surface area contributed by atoms with Gasteiger partial charge in [0.05, 0.1) is 27.9 Å². The minimum Gasteiger partial charge on any atom is -0.495 e. The molecule has 1 fully saturated rings. The molecule has 148 valence electrons. The van der Waals surface area contributed by atoms with Crippen molar-refractivity contribution in [2.75, 3.05) is 7.11 Å². The van der Waals surface area contributed by atoms with Crippen LogP contribution in [0.25, 0.3) is 10.1 Å². The third-order valence-electron chi connectivity index (χ3n) is 4.98. The van der Waals surface area contributed by atoms with Crippen LogP contribution in [0, 0.1) is 5.92 Å². The van der Waals surface area contributed by atoms with E-state index in [9.17, 15) is 18.0 Å². The van der Waals surface area contributed by atoms with E-state index in [0.29, 0.717) is 22.6 Å². The minimum absolute atomic E-state index is 0.252. The van der Waals surface area contributed by atoms with Crippen molar-refractivity contribution in [2.24, 2.45) is 13.0 Å². The number of ether oxygens (including phenoxy) is 1. The van der Waals surface area contributed by atoms with Crippen LogP contribution in [-0.4, -0.2) is 16.9 Å². The quantitative estimate of drug-likeness (QED) is 0.621. The highest BCUT2D eigenvalue weighted by atomic mass is 32.1. The minimum atomic E-state index is -4.39. The summed E-state index contributed by atoms with van der Waals surface area (Å²) in [6, 6.07) is 5.25. The Morgan fingerprint density at radius 2 is 2.07 bits per heavy atom. The topological polar surface area (TPSA) is 44.1 Å². The van der Waals surface area contributed by atoms with E-state index in [4.69, 9.17) is 4.74 Å².